The van der Waals surface area contributed by atoms with Crippen LogP contribution in [-0.2, 0) is 4.79 Å². The Kier molecular flexibility index (Phi) is 7.11. The first-order valence-corrected chi connectivity index (χ1v) is 8.07. The minimum Gasteiger partial charge on any atom is -0.490 e. The van der Waals surface area contributed by atoms with E-state index in [4.69, 9.17) is 9.47 Å². The number of benzene rings is 2. The third-order valence-electron chi connectivity index (χ3n) is 3.15. The Morgan fingerprint density at radius 2 is 1.62 bits per heavy atom. The minimum atomic E-state index is -0.0757. The second-order valence-corrected chi connectivity index (χ2v) is 5.62. The van der Waals surface area contributed by atoms with Crippen LogP contribution in [0, 0.1) is 0 Å². The Balaban J connectivity index is 1.74. The lowest BCUT2D eigenvalue weighted by molar-refractivity contribution is -0.115. The van der Waals surface area contributed by atoms with Crippen LogP contribution < -0.4 is 20.1 Å². The van der Waals surface area contributed by atoms with Crippen molar-refractivity contribution in [1.82, 2.24) is 5.32 Å². The summed E-state index contributed by atoms with van der Waals surface area (Å²) in [7, 11) is 0. The van der Waals surface area contributed by atoms with Crippen LogP contribution in [0.5, 0.6) is 11.5 Å². The lowest BCUT2D eigenvalue weighted by Gasteiger charge is -2.11. The zero-order chi connectivity index (χ0) is 17.2. The predicted molar refractivity (Wildman–Crippen MR) is 95.6 cm³/mol. The highest BCUT2D eigenvalue weighted by Gasteiger charge is 2.04. The fraction of sp³-hybridized carbons (Fsp3) is 0.316. The number of carbonyl (C=O) groups excluding carboxylic acids is 1. The van der Waals surface area contributed by atoms with Crippen molar-refractivity contribution in [3.8, 4) is 11.5 Å². The Labute approximate surface area is 143 Å². The molecule has 5 nitrogen and oxygen atoms in total. The van der Waals surface area contributed by atoms with Gasteiger partial charge in [0, 0.05) is 17.8 Å². The summed E-state index contributed by atoms with van der Waals surface area (Å²) in [6.07, 6.45) is 0. The van der Waals surface area contributed by atoms with Crippen LogP contribution in [0.1, 0.15) is 13.8 Å². The number of carbonyl (C=O) groups is 1. The highest BCUT2D eigenvalue weighted by atomic mass is 16.5. The van der Waals surface area contributed by atoms with Crippen molar-refractivity contribution in [3.63, 3.8) is 0 Å². The number of nitrogens with one attached hydrogen (secondary N) is 2. The molecule has 0 saturated carbocycles. The van der Waals surface area contributed by atoms with Gasteiger partial charge in [0.05, 0.1) is 6.54 Å². The Bertz CT molecular complexity index is 630. The van der Waals surface area contributed by atoms with Crippen molar-refractivity contribution in [2.24, 2.45) is 0 Å². The molecule has 0 aliphatic rings. The summed E-state index contributed by atoms with van der Waals surface area (Å²) in [5.41, 5.74) is 0.715. The lowest BCUT2D eigenvalue weighted by atomic mass is 10.3. The topological polar surface area (TPSA) is 59.6 Å². The molecule has 0 fully saturated rings. The van der Waals surface area contributed by atoms with Gasteiger partial charge in [-0.2, -0.15) is 0 Å². The molecule has 0 aliphatic heterocycles. The van der Waals surface area contributed by atoms with Gasteiger partial charge in [-0.15, -0.1) is 0 Å². The molecule has 0 heterocycles. The quantitative estimate of drug-likeness (QED) is 0.695. The number of ether oxygens (including phenoxy) is 2. The van der Waals surface area contributed by atoms with Crippen LogP contribution in [0.25, 0.3) is 0 Å². The molecule has 2 aromatic carbocycles. The average molecular weight is 328 g/mol. The van der Waals surface area contributed by atoms with Crippen molar-refractivity contribution < 1.29 is 14.3 Å². The summed E-state index contributed by atoms with van der Waals surface area (Å²) in [5.74, 6) is 1.44. The van der Waals surface area contributed by atoms with E-state index in [-0.39, 0.29) is 18.5 Å². The number of amides is 1. The van der Waals surface area contributed by atoms with Crippen molar-refractivity contribution in [1.29, 1.82) is 0 Å². The number of hydrogen-bond donors (Lipinski definition) is 2. The van der Waals surface area contributed by atoms with E-state index in [9.17, 15) is 4.79 Å². The third-order valence-corrected chi connectivity index (χ3v) is 3.15. The SMILES string of the molecule is CC(C)NCC(=O)Nc1cccc(OCCOc2ccccc2)c1. The monoisotopic (exact) mass is 328 g/mol. The summed E-state index contributed by atoms with van der Waals surface area (Å²) in [6.45, 7) is 5.17. The van der Waals surface area contributed by atoms with Gasteiger partial charge in [0.2, 0.25) is 5.91 Å². The summed E-state index contributed by atoms with van der Waals surface area (Å²) < 4.78 is 11.2. The highest BCUT2D eigenvalue weighted by molar-refractivity contribution is 5.92. The molecule has 0 bridgehead atoms. The normalized spacial score (nSPS) is 10.5. The molecule has 0 radical (unpaired) electrons. The van der Waals surface area contributed by atoms with E-state index in [1.54, 1.807) is 6.07 Å². The van der Waals surface area contributed by atoms with Crippen molar-refractivity contribution in [2.75, 3.05) is 25.1 Å². The molecular formula is C19H24N2O3. The first kappa shape index (κ1) is 17.8. The maximum Gasteiger partial charge on any atom is 0.238 e. The second-order valence-electron chi connectivity index (χ2n) is 5.62. The first-order valence-electron chi connectivity index (χ1n) is 8.07. The molecule has 0 aromatic heterocycles. The number of para-hydroxylation sites is 1. The lowest BCUT2D eigenvalue weighted by Crippen LogP contribution is -2.32. The summed E-state index contributed by atoms with van der Waals surface area (Å²) in [6, 6.07) is 17.2. The standard InChI is InChI=1S/C19H24N2O3/c1-15(2)20-14-19(22)21-16-7-6-10-18(13-16)24-12-11-23-17-8-4-3-5-9-17/h3-10,13,15,20H,11-12,14H2,1-2H3,(H,21,22). The molecule has 0 unspecified atom stereocenters. The Morgan fingerprint density at radius 1 is 0.958 bits per heavy atom. The van der Waals surface area contributed by atoms with E-state index in [0.29, 0.717) is 24.7 Å². The van der Waals surface area contributed by atoms with Gasteiger partial charge in [-0.05, 0) is 24.3 Å². The van der Waals surface area contributed by atoms with Crippen molar-refractivity contribution in [3.05, 3.63) is 54.6 Å². The fourth-order valence-electron chi connectivity index (χ4n) is 2.00. The van der Waals surface area contributed by atoms with Crippen LogP contribution in [0.15, 0.2) is 54.6 Å². The van der Waals surface area contributed by atoms with E-state index < -0.39 is 0 Å². The maximum atomic E-state index is 11.8. The molecule has 2 N–H and O–H groups in total. The van der Waals surface area contributed by atoms with E-state index in [1.165, 1.54) is 0 Å². The number of rotatable bonds is 9. The van der Waals surface area contributed by atoms with Crippen LogP contribution >= 0.6 is 0 Å². The van der Waals surface area contributed by atoms with E-state index >= 15 is 0 Å². The Hall–Kier alpha value is -2.53. The van der Waals surface area contributed by atoms with E-state index in [2.05, 4.69) is 10.6 Å². The van der Waals surface area contributed by atoms with Crippen LogP contribution in [-0.4, -0.2) is 31.7 Å². The smallest absolute Gasteiger partial charge is 0.238 e. The van der Waals surface area contributed by atoms with Gasteiger partial charge >= 0.3 is 0 Å². The molecule has 0 saturated heterocycles. The third kappa shape index (κ3) is 6.71. The predicted octanol–water partition coefficient (Wildman–Crippen LogP) is 3.08. The van der Waals surface area contributed by atoms with Crippen molar-refractivity contribution in [2.45, 2.75) is 19.9 Å². The molecular weight excluding hydrogens is 304 g/mol. The highest BCUT2D eigenvalue weighted by Crippen LogP contribution is 2.17. The molecule has 24 heavy (non-hydrogen) atoms. The second kappa shape index (κ2) is 9.57. The molecule has 2 rings (SSSR count). The van der Waals surface area contributed by atoms with Crippen LogP contribution in [0.3, 0.4) is 0 Å². The molecule has 0 atom stereocenters. The van der Waals surface area contributed by atoms with Gasteiger partial charge in [-0.25, -0.2) is 0 Å². The number of anilines is 1. The molecule has 0 spiro atoms. The molecule has 5 heteroatoms. The maximum absolute atomic E-state index is 11.8. The van der Waals surface area contributed by atoms with Gasteiger partial charge < -0.3 is 20.1 Å². The fourth-order valence-corrected chi connectivity index (χ4v) is 2.00. The zero-order valence-corrected chi connectivity index (χ0v) is 14.1. The van der Waals surface area contributed by atoms with Gasteiger partial charge in [0.15, 0.2) is 0 Å². The van der Waals surface area contributed by atoms with Crippen LogP contribution in [0.2, 0.25) is 0 Å². The van der Waals surface area contributed by atoms with E-state index in [0.717, 1.165) is 5.75 Å². The molecule has 0 aliphatic carbocycles. The largest absolute Gasteiger partial charge is 0.490 e. The molecule has 2 aromatic rings. The average Bonchev–Trinajstić information content (AvgIpc) is 2.58. The summed E-state index contributed by atoms with van der Waals surface area (Å²) in [4.78, 5) is 11.8. The zero-order valence-electron chi connectivity index (χ0n) is 14.1. The first-order chi connectivity index (χ1) is 11.6. The van der Waals surface area contributed by atoms with Crippen molar-refractivity contribution >= 4 is 11.6 Å². The van der Waals surface area contributed by atoms with Gasteiger partial charge in [-0.3, -0.25) is 4.79 Å². The van der Waals surface area contributed by atoms with E-state index in [1.807, 2.05) is 62.4 Å². The summed E-state index contributed by atoms with van der Waals surface area (Å²) >= 11 is 0. The van der Waals surface area contributed by atoms with Gasteiger partial charge in [-0.1, -0.05) is 38.1 Å². The van der Waals surface area contributed by atoms with Gasteiger partial charge in [0.25, 0.3) is 0 Å². The number of hydrogen-bond acceptors (Lipinski definition) is 4. The van der Waals surface area contributed by atoms with Gasteiger partial charge in [0.1, 0.15) is 24.7 Å². The molecule has 128 valence electrons. The Morgan fingerprint density at radius 3 is 2.33 bits per heavy atom. The molecule has 1 amide bonds. The summed E-state index contributed by atoms with van der Waals surface area (Å²) in [5, 5.41) is 5.92. The van der Waals surface area contributed by atoms with Crippen LogP contribution in [0.4, 0.5) is 5.69 Å². The minimum absolute atomic E-state index is 0.0757.